The lowest BCUT2D eigenvalue weighted by atomic mass is 10.2. The van der Waals surface area contributed by atoms with E-state index >= 15 is 0 Å². The first-order chi connectivity index (χ1) is 9.65. The van der Waals surface area contributed by atoms with Gasteiger partial charge in [-0.05, 0) is 36.0 Å². The summed E-state index contributed by atoms with van der Waals surface area (Å²) in [7, 11) is 3.21. The predicted octanol–water partition coefficient (Wildman–Crippen LogP) is 1.35. The lowest BCUT2D eigenvalue weighted by molar-refractivity contribution is -0.115. The van der Waals surface area contributed by atoms with Crippen LogP contribution in [-0.4, -0.2) is 38.4 Å². The molecule has 0 atom stereocenters. The van der Waals surface area contributed by atoms with E-state index in [1.54, 1.807) is 20.3 Å². The van der Waals surface area contributed by atoms with Crippen LogP contribution in [0.1, 0.15) is 5.56 Å². The molecule has 0 spiro atoms. The Hall–Kier alpha value is -1.92. The zero-order valence-corrected chi connectivity index (χ0v) is 12.3. The summed E-state index contributed by atoms with van der Waals surface area (Å²) in [6.07, 6.45) is 3.12. The van der Waals surface area contributed by atoms with Gasteiger partial charge < -0.3 is 14.8 Å². The smallest absolute Gasteiger partial charge is 0.250 e. The molecule has 0 radical (unpaired) electrons. The predicted molar refractivity (Wildman–Crippen MR) is 82.6 cm³/mol. The van der Waals surface area contributed by atoms with E-state index in [1.807, 2.05) is 24.3 Å². The van der Waals surface area contributed by atoms with Gasteiger partial charge in [0.05, 0.1) is 13.7 Å². The van der Waals surface area contributed by atoms with Crippen molar-refractivity contribution in [2.75, 3.05) is 27.4 Å². The van der Waals surface area contributed by atoms with Gasteiger partial charge in [0.15, 0.2) is 5.11 Å². The van der Waals surface area contributed by atoms with Crippen LogP contribution in [0.2, 0.25) is 0 Å². The van der Waals surface area contributed by atoms with E-state index in [1.165, 1.54) is 6.08 Å². The normalized spacial score (nSPS) is 10.3. The Kier molecular flexibility index (Phi) is 7.31. The molecule has 0 saturated carbocycles. The second kappa shape index (κ2) is 9.06. The summed E-state index contributed by atoms with van der Waals surface area (Å²) in [5.74, 6) is 0.492. The number of hydrogen-bond donors (Lipinski definition) is 2. The molecule has 0 unspecified atom stereocenters. The number of rotatable bonds is 6. The Morgan fingerprint density at radius 3 is 2.60 bits per heavy atom. The molecule has 2 N–H and O–H groups in total. The number of methoxy groups -OCH3 is 2. The molecule has 6 heteroatoms. The molecule has 1 aromatic rings. The van der Waals surface area contributed by atoms with E-state index in [-0.39, 0.29) is 11.0 Å². The largest absolute Gasteiger partial charge is 0.497 e. The van der Waals surface area contributed by atoms with Crippen LogP contribution in [0.3, 0.4) is 0 Å². The van der Waals surface area contributed by atoms with Crippen LogP contribution >= 0.6 is 12.2 Å². The fraction of sp³-hybridized carbons (Fsp3) is 0.286. The first kappa shape index (κ1) is 16.1. The Morgan fingerprint density at radius 2 is 2.00 bits per heavy atom. The minimum absolute atomic E-state index is 0.282. The molecule has 0 aliphatic rings. The highest BCUT2D eigenvalue weighted by Crippen LogP contribution is 2.12. The number of amides is 1. The lowest BCUT2D eigenvalue weighted by Gasteiger charge is -2.06. The second-order valence-corrected chi connectivity index (χ2v) is 4.25. The molecule has 1 aromatic carbocycles. The van der Waals surface area contributed by atoms with Gasteiger partial charge in [0.1, 0.15) is 5.75 Å². The van der Waals surface area contributed by atoms with E-state index in [9.17, 15) is 4.79 Å². The minimum atomic E-state index is -0.282. The highest BCUT2D eigenvalue weighted by Gasteiger charge is 1.99. The van der Waals surface area contributed by atoms with Crippen LogP contribution < -0.4 is 15.4 Å². The zero-order chi connectivity index (χ0) is 14.8. The molecule has 108 valence electrons. The van der Waals surface area contributed by atoms with Crippen LogP contribution in [0.15, 0.2) is 30.3 Å². The number of carbonyl (C=O) groups excluding carboxylic acids is 1. The third kappa shape index (κ3) is 6.31. The minimum Gasteiger partial charge on any atom is -0.497 e. The summed E-state index contributed by atoms with van der Waals surface area (Å²) in [4.78, 5) is 11.6. The highest BCUT2D eigenvalue weighted by molar-refractivity contribution is 7.80. The molecule has 0 aliphatic carbocycles. The number of benzene rings is 1. The topological polar surface area (TPSA) is 59.6 Å². The summed E-state index contributed by atoms with van der Waals surface area (Å²) >= 11 is 4.96. The zero-order valence-electron chi connectivity index (χ0n) is 11.5. The van der Waals surface area contributed by atoms with Gasteiger partial charge in [-0.25, -0.2) is 0 Å². The first-order valence-corrected chi connectivity index (χ1v) is 6.46. The quantitative estimate of drug-likeness (QED) is 0.471. The van der Waals surface area contributed by atoms with Crippen molar-refractivity contribution in [1.82, 2.24) is 10.6 Å². The van der Waals surface area contributed by atoms with Crippen LogP contribution in [0, 0.1) is 0 Å². The summed E-state index contributed by atoms with van der Waals surface area (Å²) in [6.45, 7) is 1.08. The Morgan fingerprint density at radius 1 is 1.30 bits per heavy atom. The fourth-order valence-corrected chi connectivity index (χ4v) is 1.55. The van der Waals surface area contributed by atoms with Crippen molar-refractivity contribution in [3.8, 4) is 5.75 Å². The monoisotopic (exact) mass is 294 g/mol. The molecule has 0 fully saturated rings. The summed E-state index contributed by atoms with van der Waals surface area (Å²) < 4.78 is 9.92. The number of hydrogen-bond acceptors (Lipinski definition) is 4. The maximum Gasteiger partial charge on any atom is 0.250 e. The summed E-state index contributed by atoms with van der Waals surface area (Å²) in [5, 5.41) is 5.68. The molecule has 0 bridgehead atoms. The van der Waals surface area contributed by atoms with Crippen LogP contribution in [-0.2, 0) is 9.53 Å². The van der Waals surface area contributed by atoms with Crippen LogP contribution in [0.4, 0.5) is 0 Å². The van der Waals surface area contributed by atoms with E-state index in [2.05, 4.69) is 10.6 Å². The van der Waals surface area contributed by atoms with E-state index in [0.717, 1.165) is 11.3 Å². The molecule has 0 saturated heterocycles. The van der Waals surface area contributed by atoms with Gasteiger partial charge in [-0.3, -0.25) is 10.1 Å². The highest BCUT2D eigenvalue weighted by atomic mass is 32.1. The van der Waals surface area contributed by atoms with E-state index < -0.39 is 0 Å². The van der Waals surface area contributed by atoms with Gasteiger partial charge in [0, 0.05) is 19.7 Å². The average molecular weight is 294 g/mol. The van der Waals surface area contributed by atoms with E-state index in [4.69, 9.17) is 21.7 Å². The van der Waals surface area contributed by atoms with Crippen LogP contribution in [0.25, 0.3) is 6.08 Å². The molecule has 0 aromatic heterocycles. The number of nitrogens with one attached hydrogen (secondary N) is 2. The maximum atomic E-state index is 11.6. The summed E-state index contributed by atoms with van der Waals surface area (Å²) in [5.41, 5.74) is 0.902. The van der Waals surface area contributed by atoms with Gasteiger partial charge in [-0.2, -0.15) is 0 Å². The molecule has 0 aliphatic heterocycles. The summed E-state index contributed by atoms with van der Waals surface area (Å²) in [6, 6.07) is 7.37. The SMILES string of the molecule is COCCNC(=S)NC(=O)C=Cc1ccc(OC)cc1. The average Bonchev–Trinajstić information content (AvgIpc) is 2.46. The van der Waals surface area contributed by atoms with Gasteiger partial charge >= 0.3 is 0 Å². The molecule has 1 rings (SSSR count). The molecule has 1 amide bonds. The Bertz CT molecular complexity index is 472. The molecule has 5 nitrogen and oxygen atoms in total. The standard InChI is InChI=1S/C14H18N2O3S/c1-18-10-9-15-14(20)16-13(17)8-5-11-3-6-12(19-2)7-4-11/h3-8H,9-10H2,1-2H3,(H2,15,16,17,20). The molecule has 20 heavy (non-hydrogen) atoms. The van der Waals surface area contributed by atoms with Crippen LogP contribution in [0.5, 0.6) is 5.75 Å². The Balaban J connectivity index is 2.40. The first-order valence-electron chi connectivity index (χ1n) is 6.05. The number of carbonyl (C=O) groups is 1. The van der Waals surface area contributed by atoms with Crippen molar-refractivity contribution < 1.29 is 14.3 Å². The maximum absolute atomic E-state index is 11.6. The van der Waals surface area contributed by atoms with E-state index in [0.29, 0.717) is 13.2 Å². The molecular weight excluding hydrogens is 276 g/mol. The van der Waals surface area contributed by atoms with Crippen molar-refractivity contribution in [1.29, 1.82) is 0 Å². The van der Waals surface area contributed by atoms with Crippen molar-refractivity contribution in [2.45, 2.75) is 0 Å². The second-order valence-electron chi connectivity index (χ2n) is 3.84. The lowest BCUT2D eigenvalue weighted by Crippen LogP contribution is -2.39. The van der Waals surface area contributed by atoms with Gasteiger partial charge in [0.2, 0.25) is 5.91 Å². The van der Waals surface area contributed by atoms with Crippen molar-refractivity contribution in [2.24, 2.45) is 0 Å². The number of ether oxygens (including phenoxy) is 2. The van der Waals surface area contributed by atoms with Crippen molar-refractivity contribution in [3.63, 3.8) is 0 Å². The number of thiocarbonyl (C=S) groups is 1. The molecular formula is C14H18N2O3S. The van der Waals surface area contributed by atoms with Gasteiger partial charge in [-0.1, -0.05) is 12.1 Å². The molecule has 0 heterocycles. The Labute approximate surface area is 124 Å². The third-order valence-corrected chi connectivity index (χ3v) is 2.62. The van der Waals surface area contributed by atoms with Gasteiger partial charge in [0.25, 0.3) is 0 Å². The fourth-order valence-electron chi connectivity index (χ4n) is 1.35. The van der Waals surface area contributed by atoms with Gasteiger partial charge in [-0.15, -0.1) is 0 Å². The van der Waals surface area contributed by atoms with Crippen molar-refractivity contribution in [3.05, 3.63) is 35.9 Å². The third-order valence-electron chi connectivity index (χ3n) is 2.37. The van der Waals surface area contributed by atoms with Crippen molar-refractivity contribution >= 4 is 29.3 Å².